The molecule has 3 aromatic rings. The van der Waals surface area contributed by atoms with Gasteiger partial charge in [0.15, 0.2) is 6.61 Å². The summed E-state index contributed by atoms with van der Waals surface area (Å²) in [7, 11) is -3.75. The fourth-order valence-corrected chi connectivity index (χ4v) is 3.65. The van der Waals surface area contributed by atoms with Gasteiger partial charge in [-0.2, -0.15) is 0 Å². The Labute approximate surface area is 168 Å². The quantitative estimate of drug-likeness (QED) is 0.613. The molecule has 2 N–H and O–H groups in total. The Morgan fingerprint density at radius 3 is 2.41 bits per heavy atom. The Balaban J connectivity index is 1.59. The first kappa shape index (κ1) is 20.3. The first-order valence-electron chi connectivity index (χ1n) is 8.70. The number of ether oxygens (including phenoxy) is 1. The minimum atomic E-state index is -3.75. The molecule has 0 aliphatic rings. The highest BCUT2D eigenvalue weighted by molar-refractivity contribution is 7.92. The number of amides is 1. The van der Waals surface area contributed by atoms with Crippen molar-refractivity contribution < 1.29 is 22.3 Å². The minimum Gasteiger partial charge on any atom is -0.484 e. The second kappa shape index (κ2) is 8.74. The summed E-state index contributed by atoms with van der Waals surface area (Å²) in [6.45, 7) is 1.51. The van der Waals surface area contributed by atoms with Crippen LogP contribution in [0.15, 0.2) is 77.7 Å². The number of rotatable bonds is 7. The van der Waals surface area contributed by atoms with Crippen molar-refractivity contribution in [1.29, 1.82) is 0 Å². The number of anilines is 2. The smallest absolute Gasteiger partial charge is 0.262 e. The predicted molar refractivity (Wildman–Crippen MR) is 109 cm³/mol. The Morgan fingerprint density at radius 2 is 1.72 bits per heavy atom. The maximum atomic E-state index is 13.1. The summed E-state index contributed by atoms with van der Waals surface area (Å²) < 4.78 is 46.1. The van der Waals surface area contributed by atoms with Crippen LogP contribution in [0.4, 0.5) is 15.8 Å². The van der Waals surface area contributed by atoms with Crippen molar-refractivity contribution in [3.8, 4) is 5.75 Å². The predicted octanol–water partition coefficient (Wildman–Crippen LogP) is 3.95. The Hall–Kier alpha value is -3.39. The van der Waals surface area contributed by atoms with E-state index in [1.807, 2.05) is 19.1 Å². The number of carbonyl (C=O) groups is 1. The molecule has 6 nitrogen and oxygen atoms in total. The van der Waals surface area contributed by atoms with Crippen molar-refractivity contribution in [2.45, 2.75) is 11.8 Å². The summed E-state index contributed by atoms with van der Waals surface area (Å²) in [5, 5.41) is 2.51. The van der Waals surface area contributed by atoms with Crippen LogP contribution in [0.3, 0.4) is 0 Å². The first-order chi connectivity index (χ1) is 13.8. The molecule has 0 heterocycles. The monoisotopic (exact) mass is 414 g/mol. The number of hydrogen-bond donors (Lipinski definition) is 2. The van der Waals surface area contributed by atoms with E-state index >= 15 is 0 Å². The van der Waals surface area contributed by atoms with E-state index in [1.165, 1.54) is 42.5 Å². The van der Waals surface area contributed by atoms with Gasteiger partial charge in [0.1, 0.15) is 11.6 Å². The maximum Gasteiger partial charge on any atom is 0.262 e. The van der Waals surface area contributed by atoms with Crippen LogP contribution in [-0.4, -0.2) is 20.9 Å². The van der Waals surface area contributed by atoms with Gasteiger partial charge in [-0.15, -0.1) is 0 Å². The standard InChI is InChI=1S/C21H19FN2O4S/c1-15-5-2-3-8-20(15)24-29(26,27)19-11-9-18(10-12-19)28-14-21(25)23-17-7-4-6-16(22)13-17/h2-13,24H,14H2,1H3,(H,23,25). The van der Waals surface area contributed by atoms with Gasteiger partial charge in [-0.3, -0.25) is 9.52 Å². The summed E-state index contributed by atoms with van der Waals surface area (Å²) >= 11 is 0. The molecule has 3 rings (SSSR count). The van der Waals surface area contributed by atoms with Crippen molar-refractivity contribution in [2.24, 2.45) is 0 Å². The third kappa shape index (κ3) is 5.55. The molecule has 0 aliphatic carbocycles. The molecule has 0 unspecified atom stereocenters. The summed E-state index contributed by atoms with van der Waals surface area (Å²) in [5.74, 6) is -0.595. The number of aryl methyl sites for hydroxylation is 1. The van der Waals surface area contributed by atoms with E-state index in [-0.39, 0.29) is 11.5 Å². The van der Waals surface area contributed by atoms with E-state index in [4.69, 9.17) is 4.74 Å². The lowest BCUT2D eigenvalue weighted by atomic mass is 10.2. The van der Waals surface area contributed by atoms with Crippen LogP contribution < -0.4 is 14.8 Å². The van der Waals surface area contributed by atoms with E-state index in [9.17, 15) is 17.6 Å². The molecule has 0 aromatic heterocycles. The second-order valence-corrected chi connectivity index (χ2v) is 7.92. The van der Waals surface area contributed by atoms with E-state index in [0.717, 1.165) is 5.56 Å². The normalized spacial score (nSPS) is 11.0. The zero-order valence-corrected chi connectivity index (χ0v) is 16.4. The molecular formula is C21H19FN2O4S. The number of para-hydroxylation sites is 1. The van der Waals surface area contributed by atoms with E-state index in [2.05, 4.69) is 10.0 Å². The summed E-state index contributed by atoms with van der Waals surface area (Å²) in [6, 6.07) is 18.3. The first-order valence-corrected chi connectivity index (χ1v) is 10.2. The van der Waals surface area contributed by atoms with Crippen LogP contribution in [0.25, 0.3) is 0 Å². The molecule has 150 valence electrons. The fourth-order valence-electron chi connectivity index (χ4n) is 2.52. The van der Waals surface area contributed by atoms with E-state index < -0.39 is 21.7 Å². The zero-order valence-electron chi connectivity index (χ0n) is 15.6. The van der Waals surface area contributed by atoms with Crippen LogP contribution in [-0.2, 0) is 14.8 Å². The average Bonchev–Trinajstić information content (AvgIpc) is 2.68. The van der Waals surface area contributed by atoms with Crippen LogP contribution in [0.2, 0.25) is 0 Å². The van der Waals surface area contributed by atoms with Gasteiger partial charge >= 0.3 is 0 Å². The molecule has 3 aromatic carbocycles. The van der Waals surface area contributed by atoms with Crippen molar-refractivity contribution in [2.75, 3.05) is 16.6 Å². The van der Waals surface area contributed by atoms with Crippen molar-refractivity contribution in [1.82, 2.24) is 0 Å². The Morgan fingerprint density at radius 1 is 1.00 bits per heavy atom. The molecule has 0 spiro atoms. The number of nitrogens with one attached hydrogen (secondary N) is 2. The molecule has 0 fully saturated rings. The molecule has 0 bridgehead atoms. The minimum absolute atomic E-state index is 0.0670. The zero-order chi connectivity index (χ0) is 20.9. The lowest BCUT2D eigenvalue weighted by molar-refractivity contribution is -0.118. The SMILES string of the molecule is Cc1ccccc1NS(=O)(=O)c1ccc(OCC(=O)Nc2cccc(F)c2)cc1. The number of sulfonamides is 1. The van der Waals surface area contributed by atoms with Crippen LogP contribution in [0, 0.1) is 12.7 Å². The lowest BCUT2D eigenvalue weighted by Crippen LogP contribution is -2.20. The van der Waals surface area contributed by atoms with E-state index in [0.29, 0.717) is 17.1 Å². The molecule has 0 atom stereocenters. The largest absolute Gasteiger partial charge is 0.484 e. The third-order valence-corrected chi connectivity index (χ3v) is 5.38. The third-order valence-electron chi connectivity index (χ3n) is 4.00. The van der Waals surface area contributed by atoms with Gasteiger partial charge < -0.3 is 10.1 Å². The van der Waals surface area contributed by atoms with E-state index in [1.54, 1.807) is 18.2 Å². The van der Waals surface area contributed by atoms with Crippen molar-refractivity contribution >= 4 is 27.3 Å². The van der Waals surface area contributed by atoms with Crippen molar-refractivity contribution in [3.05, 3.63) is 84.2 Å². The highest BCUT2D eigenvalue weighted by Gasteiger charge is 2.15. The number of benzene rings is 3. The summed E-state index contributed by atoms with van der Waals surface area (Å²) in [4.78, 5) is 12.0. The number of carbonyl (C=O) groups excluding carboxylic acids is 1. The highest BCUT2D eigenvalue weighted by atomic mass is 32.2. The molecular weight excluding hydrogens is 395 g/mol. The molecule has 0 aliphatic heterocycles. The average molecular weight is 414 g/mol. The fraction of sp³-hybridized carbons (Fsp3) is 0.0952. The van der Waals surface area contributed by atoms with Gasteiger partial charge in [-0.25, -0.2) is 12.8 Å². The van der Waals surface area contributed by atoms with Gasteiger partial charge in [-0.1, -0.05) is 24.3 Å². The summed E-state index contributed by atoms with van der Waals surface area (Å²) in [5.41, 5.74) is 1.63. The van der Waals surface area contributed by atoms with Gasteiger partial charge in [0.05, 0.1) is 10.6 Å². The highest BCUT2D eigenvalue weighted by Crippen LogP contribution is 2.21. The van der Waals surface area contributed by atoms with Crippen LogP contribution >= 0.6 is 0 Å². The molecule has 29 heavy (non-hydrogen) atoms. The van der Waals surface area contributed by atoms with Crippen LogP contribution in [0.5, 0.6) is 5.75 Å². The number of hydrogen-bond acceptors (Lipinski definition) is 4. The second-order valence-electron chi connectivity index (χ2n) is 6.24. The van der Waals surface area contributed by atoms with Gasteiger partial charge in [0.25, 0.3) is 15.9 Å². The molecule has 0 saturated carbocycles. The Bertz CT molecular complexity index is 1120. The molecule has 8 heteroatoms. The van der Waals surface area contributed by atoms with Gasteiger partial charge in [0, 0.05) is 5.69 Å². The lowest BCUT2D eigenvalue weighted by Gasteiger charge is -2.11. The molecule has 0 saturated heterocycles. The molecule has 0 radical (unpaired) electrons. The molecule has 1 amide bonds. The Kier molecular flexibility index (Phi) is 6.13. The number of halogens is 1. The van der Waals surface area contributed by atoms with Gasteiger partial charge in [0.2, 0.25) is 0 Å². The maximum absolute atomic E-state index is 13.1. The van der Waals surface area contributed by atoms with Crippen molar-refractivity contribution in [3.63, 3.8) is 0 Å². The van der Waals surface area contributed by atoms with Gasteiger partial charge in [-0.05, 0) is 61.0 Å². The summed E-state index contributed by atoms with van der Waals surface area (Å²) in [6.07, 6.45) is 0. The van der Waals surface area contributed by atoms with Crippen LogP contribution in [0.1, 0.15) is 5.56 Å². The topological polar surface area (TPSA) is 84.5 Å².